The molecule has 1 saturated carbocycles. The molecule has 3 nitrogen and oxygen atoms in total. The summed E-state index contributed by atoms with van der Waals surface area (Å²) in [6.45, 7) is 9.38. The van der Waals surface area contributed by atoms with Gasteiger partial charge < -0.3 is 10.1 Å². The predicted octanol–water partition coefficient (Wildman–Crippen LogP) is 4.30. The summed E-state index contributed by atoms with van der Waals surface area (Å²) in [5, 5.41) is 3.49. The maximum absolute atomic E-state index is 6.31. The number of nitrogens with zero attached hydrogens (tertiary/aromatic N) is 1. The highest BCUT2D eigenvalue weighted by atomic mass is 16.5. The number of aryl methyl sites for hydroxylation is 2. The molecule has 0 saturated heterocycles. The van der Waals surface area contributed by atoms with Gasteiger partial charge in [0.2, 0.25) is 5.88 Å². The summed E-state index contributed by atoms with van der Waals surface area (Å²) in [6, 6.07) is 2.62. The lowest BCUT2D eigenvalue weighted by Crippen LogP contribution is -2.24. The molecule has 118 valence electrons. The molecule has 2 rings (SSSR count). The van der Waals surface area contributed by atoms with E-state index in [1.54, 1.807) is 0 Å². The normalized spacial score (nSPS) is 17.0. The first-order chi connectivity index (χ1) is 10.1. The Hall–Kier alpha value is -1.09. The van der Waals surface area contributed by atoms with E-state index in [4.69, 9.17) is 4.74 Å². The van der Waals surface area contributed by atoms with E-state index in [-0.39, 0.29) is 0 Å². The molecule has 0 atom stereocenters. The second-order valence-electron chi connectivity index (χ2n) is 6.63. The molecular weight excluding hydrogens is 260 g/mol. The van der Waals surface area contributed by atoms with Gasteiger partial charge in [-0.15, -0.1) is 0 Å². The second-order valence-corrected chi connectivity index (χ2v) is 6.63. The zero-order valence-corrected chi connectivity index (χ0v) is 14.0. The minimum atomic E-state index is 0.346. The quantitative estimate of drug-likeness (QED) is 0.821. The molecule has 0 aliphatic heterocycles. The van der Waals surface area contributed by atoms with Gasteiger partial charge >= 0.3 is 0 Å². The molecule has 1 aliphatic carbocycles. The Morgan fingerprint density at radius 2 is 1.86 bits per heavy atom. The summed E-state index contributed by atoms with van der Waals surface area (Å²) in [7, 11) is 0. The number of hydrogen-bond donors (Lipinski definition) is 1. The highest BCUT2D eigenvalue weighted by Gasteiger charge is 2.18. The van der Waals surface area contributed by atoms with Gasteiger partial charge in [-0.2, -0.15) is 0 Å². The Bertz CT molecular complexity index is 449. The van der Waals surface area contributed by atoms with Crippen LogP contribution in [0.15, 0.2) is 6.07 Å². The van der Waals surface area contributed by atoms with Gasteiger partial charge in [-0.25, -0.2) is 4.98 Å². The fraction of sp³-hybridized carbons (Fsp3) is 0.722. The molecule has 1 aromatic rings. The highest BCUT2D eigenvalue weighted by molar-refractivity contribution is 5.36. The van der Waals surface area contributed by atoms with Crippen molar-refractivity contribution in [3.8, 4) is 5.88 Å². The largest absolute Gasteiger partial charge is 0.474 e. The summed E-state index contributed by atoms with van der Waals surface area (Å²) >= 11 is 0. The molecule has 0 spiro atoms. The number of ether oxygens (including phenoxy) is 1. The molecule has 1 fully saturated rings. The molecule has 1 heterocycles. The topological polar surface area (TPSA) is 34.1 Å². The fourth-order valence-electron chi connectivity index (χ4n) is 2.97. The van der Waals surface area contributed by atoms with Gasteiger partial charge in [0.05, 0.1) is 0 Å². The molecule has 0 radical (unpaired) electrons. The summed E-state index contributed by atoms with van der Waals surface area (Å²) in [6.07, 6.45) is 7.96. The Balaban J connectivity index is 2.15. The first-order valence-electron chi connectivity index (χ1n) is 8.43. The van der Waals surface area contributed by atoms with Crippen LogP contribution < -0.4 is 10.1 Å². The Labute approximate surface area is 129 Å². The first kappa shape index (κ1) is 16.3. The van der Waals surface area contributed by atoms with E-state index in [1.807, 2.05) is 6.92 Å². The van der Waals surface area contributed by atoms with Crippen molar-refractivity contribution in [3.63, 3.8) is 0 Å². The molecule has 0 amide bonds. The average molecular weight is 290 g/mol. The number of pyridine rings is 1. The SMILES string of the molecule is Cc1cc(C)c(CNC(C)C)c(OC2CCCCCC2)n1. The van der Waals surface area contributed by atoms with Crippen molar-refractivity contribution in [1.82, 2.24) is 10.3 Å². The van der Waals surface area contributed by atoms with Crippen LogP contribution in [0.4, 0.5) is 0 Å². The summed E-state index contributed by atoms with van der Waals surface area (Å²) in [5.41, 5.74) is 3.54. The Kier molecular flexibility index (Phi) is 6.04. The van der Waals surface area contributed by atoms with E-state index in [0.717, 1.165) is 18.1 Å². The molecule has 0 unspecified atom stereocenters. The lowest BCUT2D eigenvalue weighted by atomic mass is 10.1. The number of hydrogen-bond acceptors (Lipinski definition) is 3. The van der Waals surface area contributed by atoms with E-state index in [0.29, 0.717) is 12.1 Å². The third-order valence-corrected chi connectivity index (χ3v) is 4.21. The zero-order chi connectivity index (χ0) is 15.2. The van der Waals surface area contributed by atoms with E-state index in [1.165, 1.54) is 49.7 Å². The summed E-state index contributed by atoms with van der Waals surface area (Å²) in [5.74, 6) is 0.854. The van der Waals surface area contributed by atoms with Crippen molar-refractivity contribution < 1.29 is 4.74 Å². The van der Waals surface area contributed by atoms with Crippen LogP contribution in [0.2, 0.25) is 0 Å². The Morgan fingerprint density at radius 3 is 2.48 bits per heavy atom. The van der Waals surface area contributed by atoms with Crippen molar-refractivity contribution in [2.24, 2.45) is 0 Å². The number of nitrogens with one attached hydrogen (secondary N) is 1. The molecule has 3 heteroatoms. The zero-order valence-electron chi connectivity index (χ0n) is 14.0. The molecule has 1 N–H and O–H groups in total. The molecule has 1 aromatic heterocycles. The Morgan fingerprint density at radius 1 is 1.19 bits per heavy atom. The standard InChI is InChI=1S/C18H30N2O/c1-13(2)19-12-17-14(3)11-15(4)20-18(17)21-16-9-7-5-6-8-10-16/h11,13,16,19H,5-10,12H2,1-4H3. The number of rotatable bonds is 5. The number of aromatic nitrogens is 1. The van der Waals surface area contributed by atoms with Crippen LogP contribution in [0.25, 0.3) is 0 Å². The van der Waals surface area contributed by atoms with Crippen LogP contribution in [-0.4, -0.2) is 17.1 Å². The predicted molar refractivity (Wildman–Crippen MR) is 87.8 cm³/mol. The van der Waals surface area contributed by atoms with Gasteiger partial charge in [-0.3, -0.25) is 0 Å². The van der Waals surface area contributed by atoms with Crippen LogP contribution in [0.3, 0.4) is 0 Å². The van der Waals surface area contributed by atoms with E-state index < -0.39 is 0 Å². The molecule has 21 heavy (non-hydrogen) atoms. The monoisotopic (exact) mass is 290 g/mol. The summed E-state index contributed by atoms with van der Waals surface area (Å²) in [4.78, 5) is 4.67. The minimum absolute atomic E-state index is 0.346. The van der Waals surface area contributed by atoms with Crippen LogP contribution in [0, 0.1) is 13.8 Å². The van der Waals surface area contributed by atoms with Crippen molar-refractivity contribution in [1.29, 1.82) is 0 Å². The molecule has 1 aliphatic rings. The first-order valence-corrected chi connectivity index (χ1v) is 8.43. The van der Waals surface area contributed by atoms with Crippen molar-refractivity contribution in [2.75, 3.05) is 0 Å². The average Bonchev–Trinajstić information content (AvgIpc) is 2.66. The minimum Gasteiger partial charge on any atom is -0.474 e. The van der Waals surface area contributed by atoms with E-state index in [2.05, 4.69) is 37.1 Å². The van der Waals surface area contributed by atoms with Gasteiger partial charge in [0.25, 0.3) is 0 Å². The molecular formula is C18H30N2O. The van der Waals surface area contributed by atoms with E-state index in [9.17, 15) is 0 Å². The van der Waals surface area contributed by atoms with Gasteiger partial charge in [-0.05, 0) is 51.2 Å². The van der Waals surface area contributed by atoms with Crippen molar-refractivity contribution >= 4 is 0 Å². The summed E-state index contributed by atoms with van der Waals surface area (Å²) < 4.78 is 6.31. The van der Waals surface area contributed by atoms with Crippen molar-refractivity contribution in [2.45, 2.75) is 84.9 Å². The molecule has 0 bridgehead atoms. The smallest absolute Gasteiger partial charge is 0.218 e. The molecule has 0 aromatic carbocycles. The maximum atomic E-state index is 6.31. The van der Waals surface area contributed by atoms with Crippen LogP contribution in [0.5, 0.6) is 5.88 Å². The third kappa shape index (κ3) is 4.99. The van der Waals surface area contributed by atoms with Gasteiger partial charge in [-0.1, -0.05) is 26.7 Å². The van der Waals surface area contributed by atoms with Crippen molar-refractivity contribution in [3.05, 3.63) is 22.9 Å². The van der Waals surface area contributed by atoms with Crippen LogP contribution in [0.1, 0.15) is 69.2 Å². The van der Waals surface area contributed by atoms with Crippen LogP contribution in [-0.2, 0) is 6.54 Å². The second kappa shape index (κ2) is 7.79. The van der Waals surface area contributed by atoms with Gasteiger partial charge in [0, 0.05) is 23.8 Å². The van der Waals surface area contributed by atoms with Crippen LogP contribution >= 0.6 is 0 Å². The lowest BCUT2D eigenvalue weighted by Gasteiger charge is -2.21. The van der Waals surface area contributed by atoms with E-state index >= 15 is 0 Å². The lowest BCUT2D eigenvalue weighted by molar-refractivity contribution is 0.173. The fourth-order valence-corrected chi connectivity index (χ4v) is 2.97. The maximum Gasteiger partial charge on any atom is 0.218 e. The third-order valence-electron chi connectivity index (χ3n) is 4.21. The van der Waals surface area contributed by atoms with Gasteiger partial charge in [0.15, 0.2) is 0 Å². The highest BCUT2D eigenvalue weighted by Crippen LogP contribution is 2.26. The van der Waals surface area contributed by atoms with Gasteiger partial charge in [0.1, 0.15) is 6.10 Å².